The summed E-state index contributed by atoms with van der Waals surface area (Å²) >= 11 is 0. The normalized spacial score (nSPS) is 12.7. The second kappa shape index (κ2) is 6.51. The first kappa shape index (κ1) is 15.4. The second-order valence-corrected chi connectivity index (χ2v) is 5.12. The Kier molecular flexibility index (Phi) is 5.29. The van der Waals surface area contributed by atoms with Gasteiger partial charge < -0.3 is 10.4 Å². The lowest BCUT2D eigenvalue weighted by molar-refractivity contribution is -0.384. The van der Waals surface area contributed by atoms with Crippen LogP contribution in [0.4, 0.5) is 11.5 Å². The minimum absolute atomic E-state index is 0.00276. The summed E-state index contributed by atoms with van der Waals surface area (Å²) in [7, 11) is 1.69. The first-order valence-corrected chi connectivity index (χ1v) is 6.44. The van der Waals surface area contributed by atoms with Crippen molar-refractivity contribution in [3.8, 4) is 0 Å². The van der Waals surface area contributed by atoms with Gasteiger partial charge in [0.15, 0.2) is 0 Å². The van der Waals surface area contributed by atoms with Gasteiger partial charge in [0.1, 0.15) is 5.69 Å². The average molecular weight is 270 g/mol. The van der Waals surface area contributed by atoms with E-state index in [9.17, 15) is 10.1 Å². The van der Waals surface area contributed by atoms with Crippen molar-refractivity contribution in [2.75, 3.05) is 18.5 Å². The molecule has 1 rings (SSSR count). The molecule has 1 heterocycles. The summed E-state index contributed by atoms with van der Waals surface area (Å²) in [5.41, 5.74) is 0.540. The third-order valence-corrected chi connectivity index (χ3v) is 3.02. The van der Waals surface area contributed by atoms with E-state index in [1.165, 1.54) is 4.68 Å². The number of aliphatic hydroxyl groups is 1. The van der Waals surface area contributed by atoms with Crippen LogP contribution >= 0.6 is 0 Å². The highest BCUT2D eigenvalue weighted by atomic mass is 16.6. The van der Waals surface area contributed by atoms with Gasteiger partial charge in [0.05, 0.1) is 4.92 Å². The van der Waals surface area contributed by atoms with Gasteiger partial charge in [-0.3, -0.25) is 10.1 Å². The number of aliphatic hydroxyl groups excluding tert-OH is 1. The summed E-state index contributed by atoms with van der Waals surface area (Å²) in [5.74, 6) is 0.664. The Bertz CT molecular complexity index is 442. The molecule has 2 N–H and O–H groups in total. The lowest BCUT2D eigenvalue weighted by Gasteiger charge is -2.11. The van der Waals surface area contributed by atoms with Gasteiger partial charge >= 0.3 is 5.69 Å². The lowest BCUT2D eigenvalue weighted by atomic mass is 10.1. The molecule has 1 unspecified atom stereocenters. The van der Waals surface area contributed by atoms with E-state index in [0.717, 1.165) is 0 Å². The van der Waals surface area contributed by atoms with Gasteiger partial charge in [-0.2, -0.15) is 5.10 Å². The zero-order valence-electron chi connectivity index (χ0n) is 11.9. The minimum Gasteiger partial charge on any atom is -0.396 e. The Balaban J connectivity index is 2.96. The van der Waals surface area contributed by atoms with Crippen LogP contribution in [0, 0.1) is 16.0 Å². The number of hydrogen-bond donors (Lipinski definition) is 2. The van der Waals surface area contributed by atoms with Gasteiger partial charge in [0.2, 0.25) is 5.82 Å². The highest BCUT2D eigenvalue weighted by molar-refractivity contribution is 5.60. The quantitative estimate of drug-likeness (QED) is 0.583. The number of rotatable bonds is 7. The molecule has 0 fully saturated rings. The Labute approximate surface area is 112 Å². The van der Waals surface area contributed by atoms with E-state index in [2.05, 4.69) is 10.4 Å². The van der Waals surface area contributed by atoms with E-state index in [1.807, 2.05) is 20.8 Å². The van der Waals surface area contributed by atoms with E-state index < -0.39 is 0 Å². The van der Waals surface area contributed by atoms with Crippen LogP contribution in [0.25, 0.3) is 0 Å². The number of aryl methyl sites for hydroxylation is 1. The fourth-order valence-electron chi connectivity index (χ4n) is 1.89. The van der Waals surface area contributed by atoms with Crippen LogP contribution in [-0.2, 0) is 7.05 Å². The molecule has 0 amide bonds. The van der Waals surface area contributed by atoms with E-state index in [-0.39, 0.29) is 29.1 Å². The van der Waals surface area contributed by atoms with Gasteiger partial charge in [0, 0.05) is 26.1 Å². The van der Waals surface area contributed by atoms with E-state index in [0.29, 0.717) is 24.5 Å². The number of nitrogens with zero attached hydrogens (tertiary/aromatic N) is 3. The van der Waals surface area contributed by atoms with Crippen LogP contribution in [-0.4, -0.2) is 33.0 Å². The molecule has 108 valence electrons. The fourth-order valence-corrected chi connectivity index (χ4v) is 1.89. The summed E-state index contributed by atoms with van der Waals surface area (Å²) in [6.07, 6.45) is 0.662. The molecule has 0 aromatic carbocycles. The molecule has 1 aromatic heterocycles. The molecule has 19 heavy (non-hydrogen) atoms. The van der Waals surface area contributed by atoms with Crippen molar-refractivity contribution in [3.63, 3.8) is 0 Å². The number of nitrogens with one attached hydrogen (secondary N) is 1. The summed E-state index contributed by atoms with van der Waals surface area (Å²) in [6.45, 7) is 6.43. The summed E-state index contributed by atoms with van der Waals surface area (Å²) < 4.78 is 1.51. The number of nitro groups is 1. The molecule has 0 saturated carbocycles. The van der Waals surface area contributed by atoms with Gasteiger partial charge in [0.25, 0.3) is 0 Å². The van der Waals surface area contributed by atoms with Crippen LogP contribution < -0.4 is 5.32 Å². The lowest BCUT2D eigenvalue weighted by Crippen LogP contribution is -2.15. The molecular formula is C12H22N4O3. The van der Waals surface area contributed by atoms with Crippen molar-refractivity contribution in [2.45, 2.75) is 33.1 Å². The molecule has 0 bridgehead atoms. The van der Waals surface area contributed by atoms with Crippen LogP contribution in [0.3, 0.4) is 0 Å². The molecule has 0 saturated heterocycles. The Morgan fingerprint density at radius 3 is 2.58 bits per heavy atom. The first-order valence-electron chi connectivity index (χ1n) is 6.44. The van der Waals surface area contributed by atoms with Gasteiger partial charge in [-0.15, -0.1) is 0 Å². The standard InChI is InChI=1S/C12H22N4O3/c1-8(2)10-11(16(18)19)12(15(4)14-10)13-7-9(3)5-6-17/h8-9,13,17H,5-7H2,1-4H3. The Morgan fingerprint density at radius 2 is 2.11 bits per heavy atom. The van der Waals surface area contributed by atoms with Crippen molar-refractivity contribution in [1.82, 2.24) is 9.78 Å². The first-order chi connectivity index (χ1) is 8.88. The van der Waals surface area contributed by atoms with Crippen LogP contribution in [0.2, 0.25) is 0 Å². The average Bonchev–Trinajstić information content (AvgIpc) is 2.64. The van der Waals surface area contributed by atoms with Crippen molar-refractivity contribution in [3.05, 3.63) is 15.8 Å². The maximum atomic E-state index is 11.2. The molecule has 0 aliphatic carbocycles. The van der Waals surface area contributed by atoms with Crippen molar-refractivity contribution < 1.29 is 10.0 Å². The molecular weight excluding hydrogens is 248 g/mol. The predicted molar refractivity (Wildman–Crippen MR) is 73.3 cm³/mol. The third-order valence-electron chi connectivity index (χ3n) is 3.02. The van der Waals surface area contributed by atoms with E-state index in [1.54, 1.807) is 7.05 Å². The topological polar surface area (TPSA) is 93.2 Å². The van der Waals surface area contributed by atoms with Gasteiger partial charge in [-0.25, -0.2) is 4.68 Å². The van der Waals surface area contributed by atoms with Gasteiger partial charge in [-0.1, -0.05) is 20.8 Å². The zero-order chi connectivity index (χ0) is 14.6. The molecule has 0 spiro atoms. The molecule has 1 atom stereocenters. The van der Waals surface area contributed by atoms with Crippen LogP contribution in [0.15, 0.2) is 0 Å². The van der Waals surface area contributed by atoms with Crippen LogP contribution in [0.1, 0.15) is 38.8 Å². The van der Waals surface area contributed by atoms with Crippen molar-refractivity contribution in [2.24, 2.45) is 13.0 Å². The molecule has 7 heteroatoms. The minimum atomic E-state index is -0.388. The second-order valence-electron chi connectivity index (χ2n) is 5.12. The fraction of sp³-hybridized carbons (Fsp3) is 0.750. The SMILES string of the molecule is CC(CCO)CNc1c([N+](=O)[O-])c(C(C)C)nn1C. The summed E-state index contributed by atoms with van der Waals surface area (Å²) in [4.78, 5) is 10.8. The molecule has 1 aromatic rings. The van der Waals surface area contributed by atoms with Crippen molar-refractivity contribution in [1.29, 1.82) is 0 Å². The van der Waals surface area contributed by atoms with E-state index >= 15 is 0 Å². The Morgan fingerprint density at radius 1 is 1.47 bits per heavy atom. The smallest absolute Gasteiger partial charge is 0.334 e. The third kappa shape index (κ3) is 3.66. The molecule has 7 nitrogen and oxygen atoms in total. The monoisotopic (exact) mass is 270 g/mol. The number of hydrogen-bond acceptors (Lipinski definition) is 5. The zero-order valence-corrected chi connectivity index (χ0v) is 11.9. The largest absolute Gasteiger partial charge is 0.396 e. The summed E-state index contributed by atoms with van der Waals surface area (Å²) in [5, 5.41) is 27.3. The molecule has 0 aliphatic heterocycles. The highest BCUT2D eigenvalue weighted by Crippen LogP contribution is 2.32. The van der Waals surface area contributed by atoms with Crippen molar-refractivity contribution >= 4 is 11.5 Å². The number of anilines is 1. The molecule has 0 aliphatic rings. The number of aromatic nitrogens is 2. The van der Waals surface area contributed by atoms with E-state index in [4.69, 9.17) is 5.11 Å². The highest BCUT2D eigenvalue weighted by Gasteiger charge is 2.28. The van der Waals surface area contributed by atoms with Crippen LogP contribution in [0.5, 0.6) is 0 Å². The maximum Gasteiger partial charge on any atom is 0.334 e. The molecule has 0 radical (unpaired) electrons. The summed E-state index contributed by atoms with van der Waals surface area (Å²) in [6, 6.07) is 0. The predicted octanol–water partition coefficient (Wildman–Crippen LogP) is 1.88. The maximum absolute atomic E-state index is 11.2. The van der Waals surface area contributed by atoms with Gasteiger partial charge in [-0.05, 0) is 12.3 Å². The Hall–Kier alpha value is -1.63.